The van der Waals surface area contributed by atoms with Gasteiger partial charge in [-0.3, -0.25) is 23.4 Å². The molecule has 0 amide bonds. The van der Waals surface area contributed by atoms with Crippen molar-refractivity contribution < 1.29 is 52.2 Å². The highest BCUT2D eigenvalue weighted by Crippen LogP contribution is 2.43. The van der Waals surface area contributed by atoms with Gasteiger partial charge in [0.25, 0.3) is 0 Å². The van der Waals surface area contributed by atoms with Crippen molar-refractivity contribution in [1.29, 1.82) is 0 Å². The maximum atomic E-state index is 12.8. The first kappa shape index (κ1) is 62.9. The lowest BCUT2D eigenvalue weighted by molar-refractivity contribution is -0.161. The van der Waals surface area contributed by atoms with Crippen LogP contribution in [0.25, 0.3) is 0 Å². The molecule has 0 saturated heterocycles. The second-order valence-electron chi connectivity index (χ2n) is 17.0. The molecule has 0 aliphatic heterocycles. The normalized spacial score (nSPS) is 14.1. The highest BCUT2D eigenvalue weighted by atomic mass is 31.2. The number of unbranched alkanes of at least 4 members (excludes halogenated alkanes) is 18. The van der Waals surface area contributed by atoms with E-state index >= 15 is 0 Å². The number of hydrogen-bond acceptors (Lipinski definition) is 10. The van der Waals surface area contributed by atoms with Gasteiger partial charge >= 0.3 is 25.7 Å². The van der Waals surface area contributed by atoms with Gasteiger partial charge in [-0.25, -0.2) is 4.57 Å². The number of carbonyl (C=O) groups excluding carboxylic acids is 3. The first-order valence-electron chi connectivity index (χ1n) is 25.8. The third-order valence-corrected chi connectivity index (χ3v) is 11.5. The molecule has 0 aliphatic rings. The predicted molar refractivity (Wildman–Crippen MR) is 270 cm³/mol. The third kappa shape index (κ3) is 46.0. The Morgan fingerprint density at radius 1 is 0.439 bits per heavy atom. The van der Waals surface area contributed by atoms with E-state index in [1.54, 1.807) is 0 Å². The molecular formula is C54H93O11P. The molecule has 0 fully saturated rings. The molecule has 2 N–H and O–H groups in total. The van der Waals surface area contributed by atoms with E-state index in [1.165, 1.54) is 38.5 Å². The summed E-state index contributed by atoms with van der Waals surface area (Å²) in [6, 6.07) is 0. The Morgan fingerprint density at radius 2 is 0.818 bits per heavy atom. The molecule has 0 spiro atoms. The summed E-state index contributed by atoms with van der Waals surface area (Å²) in [7, 11) is -4.75. The van der Waals surface area contributed by atoms with Crippen molar-refractivity contribution in [2.24, 2.45) is 0 Å². The Bertz CT molecular complexity index is 1390. The van der Waals surface area contributed by atoms with E-state index in [0.717, 1.165) is 116 Å². The molecule has 3 unspecified atom stereocenters. The molecule has 0 heterocycles. The number of ether oxygens (including phenoxy) is 3. The minimum atomic E-state index is -4.75. The van der Waals surface area contributed by atoms with Crippen LogP contribution in [0.4, 0.5) is 0 Å². The van der Waals surface area contributed by atoms with Crippen LogP contribution in [0.1, 0.15) is 213 Å². The molecule has 0 aromatic rings. The van der Waals surface area contributed by atoms with E-state index in [4.69, 9.17) is 23.3 Å². The molecule has 0 aliphatic carbocycles. The molecule has 380 valence electrons. The molecule has 0 aromatic carbocycles. The fourth-order valence-corrected chi connectivity index (χ4v) is 7.46. The van der Waals surface area contributed by atoms with Crippen molar-refractivity contribution in [3.05, 3.63) is 72.9 Å². The van der Waals surface area contributed by atoms with Gasteiger partial charge in [0.05, 0.1) is 19.8 Å². The van der Waals surface area contributed by atoms with Gasteiger partial charge in [0.1, 0.15) is 12.7 Å². The van der Waals surface area contributed by atoms with E-state index in [9.17, 15) is 28.9 Å². The average molecular weight is 949 g/mol. The third-order valence-electron chi connectivity index (χ3n) is 10.6. The topological polar surface area (TPSA) is 155 Å². The van der Waals surface area contributed by atoms with E-state index in [2.05, 4.69) is 93.7 Å². The first-order valence-corrected chi connectivity index (χ1v) is 27.3. The molecular weight excluding hydrogens is 856 g/mol. The van der Waals surface area contributed by atoms with Crippen molar-refractivity contribution in [3.8, 4) is 0 Å². The lowest BCUT2D eigenvalue weighted by Crippen LogP contribution is -2.30. The minimum absolute atomic E-state index is 0.135. The van der Waals surface area contributed by atoms with E-state index in [1.807, 2.05) is 0 Å². The lowest BCUT2D eigenvalue weighted by atomic mass is 10.1. The summed E-state index contributed by atoms with van der Waals surface area (Å²) in [5.74, 6) is -1.51. The van der Waals surface area contributed by atoms with Crippen LogP contribution in [0.3, 0.4) is 0 Å². The van der Waals surface area contributed by atoms with Crippen molar-refractivity contribution in [2.75, 3.05) is 26.4 Å². The quantitative estimate of drug-likeness (QED) is 0.0197. The van der Waals surface area contributed by atoms with Crippen LogP contribution in [0.15, 0.2) is 72.9 Å². The van der Waals surface area contributed by atoms with Gasteiger partial charge in [-0.05, 0) is 83.5 Å². The van der Waals surface area contributed by atoms with Crippen molar-refractivity contribution in [1.82, 2.24) is 0 Å². The Morgan fingerprint density at radius 3 is 1.27 bits per heavy atom. The van der Waals surface area contributed by atoms with Crippen molar-refractivity contribution in [3.63, 3.8) is 0 Å². The zero-order valence-corrected chi connectivity index (χ0v) is 42.5. The Hall–Kier alpha value is -3.08. The number of allylic oxidation sites excluding steroid dienone is 12. The van der Waals surface area contributed by atoms with Gasteiger partial charge < -0.3 is 24.2 Å². The summed E-state index contributed by atoms with van der Waals surface area (Å²) >= 11 is 0. The van der Waals surface area contributed by atoms with E-state index in [-0.39, 0.29) is 25.9 Å². The summed E-state index contributed by atoms with van der Waals surface area (Å²) in [5.41, 5.74) is 0. The Labute approximate surface area is 401 Å². The second-order valence-corrected chi connectivity index (χ2v) is 18.4. The molecule has 0 rings (SSSR count). The number of phosphoric ester groups is 1. The van der Waals surface area contributed by atoms with Crippen LogP contribution in [0.2, 0.25) is 0 Å². The SMILES string of the molecule is CC/C=C\C/C=C\C/C=C\C/C=C\CCCCCCC(=O)OC(COC(=O)CCCCCCC/C=C\C/C=C\CCC)COP(=O)(O)OCC(CO)OC(=O)CCCCCCCCCCC. The first-order chi connectivity index (χ1) is 32.2. The predicted octanol–water partition coefficient (Wildman–Crippen LogP) is 14.6. The highest BCUT2D eigenvalue weighted by Gasteiger charge is 2.28. The number of rotatable bonds is 47. The van der Waals surface area contributed by atoms with Crippen LogP contribution in [-0.4, -0.2) is 66.5 Å². The summed E-state index contributed by atoms with van der Waals surface area (Å²) in [5, 5.41) is 9.74. The molecule has 66 heavy (non-hydrogen) atoms. The maximum Gasteiger partial charge on any atom is 0.472 e. The average Bonchev–Trinajstić information content (AvgIpc) is 3.30. The number of carbonyl (C=O) groups is 3. The largest absolute Gasteiger partial charge is 0.472 e. The minimum Gasteiger partial charge on any atom is -0.462 e. The van der Waals surface area contributed by atoms with Crippen molar-refractivity contribution >= 4 is 25.7 Å². The standard InChI is InChI=1S/C54H93O11P/c1-4-7-10-13-16-19-21-23-24-25-26-28-30-33-36-39-42-45-54(58)65-51(47-61-52(56)43-40-37-34-32-29-27-22-20-17-14-11-8-5-2)49-63-66(59,60)62-48-50(46-55)64-53(57)44-41-38-35-31-18-15-12-9-6-3/h7,10-11,14,16,19-20,22-24,26,28,50-51,55H,4-6,8-9,12-13,15,17-18,21,25,27,29-49H2,1-3H3,(H,59,60)/b10-7-,14-11-,19-16-,22-20-,24-23-,28-26-. The molecule has 0 saturated carbocycles. The van der Waals surface area contributed by atoms with E-state index < -0.39 is 57.8 Å². The summed E-state index contributed by atoms with van der Waals surface area (Å²) < 4.78 is 39.3. The lowest BCUT2D eigenvalue weighted by Gasteiger charge is -2.21. The number of esters is 3. The smallest absolute Gasteiger partial charge is 0.462 e. The van der Waals surface area contributed by atoms with Gasteiger partial charge in [-0.2, -0.15) is 0 Å². The second kappa shape index (κ2) is 48.4. The van der Waals surface area contributed by atoms with Crippen molar-refractivity contribution in [2.45, 2.75) is 226 Å². The molecule has 0 aromatic heterocycles. The maximum absolute atomic E-state index is 12.8. The van der Waals surface area contributed by atoms with Gasteiger partial charge in [-0.15, -0.1) is 0 Å². The number of aliphatic hydroxyl groups excluding tert-OH is 1. The zero-order chi connectivity index (χ0) is 48.4. The van der Waals surface area contributed by atoms with Crippen LogP contribution >= 0.6 is 7.82 Å². The molecule has 0 bridgehead atoms. The molecule has 12 heteroatoms. The summed E-state index contributed by atoms with van der Waals surface area (Å²) in [6.45, 7) is 4.38. The monoisotopic (exact) mass is 949 g/mol. The van der Waals surface area contributed by atoms with Gasteiger partial charge in [0, 0.05) is 19.3 Å². The summed E-state index contributed by atoms with van der Waals surface area (Å²) in [6.07, 6.45) is 51.6. The van der Waals surface area contributed by atoms with E-state index in [0.29, 0.717) is 19.3 Å². The van der Waals surface area contributed by atoms with Crippen LogP contribution in [0, 0.1) is 0 Å². The van der Waals surface area contributed by atoms with Crippen LogP contribution in [0.5, 0.6) is 0 Å². The highest BCUT2D eigenvalue weighted by molar-refractivity contribution is 7.47. The summed E-state index contributed by atoms with van der Waals surface area (Å²) in [4.78, 5) is 48.2. The fraction of sp³-hybridized carbons (Fsp3) is 0.722. The van der Waals surface area contributed by atoms with Gasteiger partial charge in [0.2, 0.25) is 0 Å². The van der Waals surface area contributed by atoms with Crippen LogP contribution < -0.4 is 0 Å². The Kier molecular flexibility index (Phi) is 46.1. The Balaban J connectivity index is 4.82. The molecule has 11 nitrogen and oxygen atoms in total. The van der Waals surface area contributed by atoms with Gasteiger partial charge in [-0.1, -0.05) is 184 Å². The number of phosphoric acid groups is 1. The van der Waals surface area contributed by atoms with Crippen LogP contribution in [-0.2, 0) is 42.2 Å². The number of hydrogen-bond donors (Lipinski definition) is 2. The zero-order valence-electron chi connectivity index (χ0n) is 41.6. The fourth-order valence-electron chi connectivity index (χ4n) is 6.68. The molecule has 0 radical (unpaired) electrons. The number of aliphatic hydroxyl groups is 1. The van der Waals surface area contributed by atoms with Gasteiger partial charge in [0.15, 0.2) is 6.10 Å². The molecule has 3 atom stereocenters.